The van der Waals surface area contributed by atoms with Gasteiger partial charge < -0.3 is 15.4 Å². The van der Waals surface area contributed by atoms with Crippen molar-refractivity contribution in [3.63, 3.8) is 0 Å². The summed E-state index contributed by atoms with van der Waals surface area (Å²) in [5.74, 6) is 1.52. The fourth-order valence-corrected chi connectivity index (χ4v) is 3.10. The van der Waals surface area contributed by atoms with Crippen LogP contribution in [0.2, 0.25) is 0 Å². The Morgan fingerprint density at radius 1 is 1.32 bits per heavy atom. The molecule has 1 unspecified atom stereocenters. The molecule has 0 aromatic carbocycles. The predicted molar refractivity (Wildman–Crippen MR) is 77.8 cm³/mol. The summed E-state index contributed by atoms with van der Waals surface area (Å²) in [6, 6.07) is 0.169. The zero-order chi connectivity index (χ0) is 14.3. The Morgan fingerprint density at radius 2 is 1.89 bits per heavy atom. The van der Waals surface area contributed by atoms with Crippen LogP contribution in [0.4, 0.5) is 0 Å². The van der Waals surface area contributed by atoms with Crippen molar-refractivity contribution in [2.75, 3.05) is 26.8 Å². The molecule has 1 amide bonds. The minimum Gasteiger partial charge on any atom is -0.383 e. The van der Waals surface area contributed by atoms with Crippen LogP contribution in [-0.2, 0) is 9.53 Å². The molecular formula is C15H30N2O2. The molecule has 4 nitrogen and oxygen atoms in total. The summed E-state index contributed by atoms with van der Waals surface area (Å²) in [5.41, 5.74) is 5.70. The number of nitrogens with two attached hydrogens (primary N) is 1. The lowest BCUT2D eigenvalue weighted by molar-refractivity contribution is -0.135. The molecule has 112 valence electrons. The van der Waals surface area contributed by atoms with Crippen LogP contribution in [0, 0.1) is 11.8 Å². The van der Waals surface area contributed by atoms with E-state index in [4.69, 9.17) is 10.5 Å². The number of ether oxygens (including phenoxy) is 1. The summed E-state index contributed by atoms with van der Waals surface area (Å²) in [4.78, 5) is 14.3. The highest BCUT2D eigenvalue weighted by atomic mass is 16.5. The van der Waals surface area contributed by atoms with Crippen molar-refractivity contribution in [3.05, 3.63) is 0 Å². The maximum Gasteiger partial charge on any atom is 0.223 e. The van der Waals surface area contributed by atoms with Crippen LogP contribution >= 0.6 is 0 Å². The quantitative estimate of drug-likeness (QED) is 0.770. The van der Waals surface area contributed by atoms with E-state index in [1.807, 2.05) is 11.8 Å². The van der Waals surface area contributed by atoms with Crippen molar-refractivity contribution in [2.24, 2.45) is 17.6 Å². The van der Waals surface area contributed by atoms with Crippen LogP contribution in [0.5, 0.6) is 0 Å². The minimum absolute atomic E-state index is 0.169. The SMILES string of the molecule is CCN(C(=O)CC1CCC(CN)CC1)C(C)COC. The molecular weight excluding hydrogens is 240 g/mol. The molecule has 0 aliphatic heterocycles. The maximum absolute atomic E-state index is 12.4. The number of likely N-dealkylation sites (N-methyl/N-ethyl adjacent to an activating group) is 1. The molecule has 1 rings (SSSR count). The second-order valence-electron chi connectivity index (χ2n) is 5.81. The second-order valence-corrected chi connectivity index (χ2v) is 5.81. The van der Waals surface area contributed by atoms with Gasteiger partial charge in [-0.05, 0) is 57.9 Å². The van der Waals surface area contributed by atoms with E-state index in [9.17, 15) is 4.79 Å². The van der Waals surface area contributed by atoms with E-state index < -0.39 is 0 Å². The molecule has 1 fully saturated rings. The molecule has 4 heteroatoms. The lowest BCUT2D eigenvalue weighted by Gasteiger charge is -2.32. The van der Waals surface area contributed by atoms with Gasteiger partial charge in [0.2, 0.25) is 5.91 Å². The highest BCUT2D eigenvalue weighted by Crippen LogP contribution is 2.30. The monoisotopic (exact) mass is 270 g/mol. The Bertz CT molecular complexity index is 263. The van der Waals surface area contributed by atoms with Gasteiger partial charge in [-0.2, -0.15) is 0 Å². The highest BCUT2D eigenvalue weighted by Gasteiger charge is 2.25. The molecule has 0 aromatic heterocycles. The van der Waals surface area contributed by atoms with Crippen LogP contribution in [0.25, 0.3) is 0 Å². The van der Waals surface area contributed by atoms with Crippen molar-refractivity contribution in [1.82, 2.24) is 4.90 Å². The summed E-state index contributed by atoms with van der Waals surface area (Å²) >= 11 is 0. The molecule has 0 radical (unpaired) electrons. The van der Waals surface area contributed by atoms with Crippen molar-refractivity contribution in [1.29, 1.82) is 0 Å². The van der Waals surface area contributed by atoms with Gasteiger partial charge in [-0.25, -0.2) is 0 Å². The highest BCUT2D eigenvalue weighted by molar-refractivity contribution is 5.76. The number of rotatable bonds is 7. The predicted octanol–water partition coefficient (Wildman–Crippen LogP) is 2.02. The van der Waals surface area contributed by atoms with E-state index >= 15 is 0 Å². The van der Waals surface area contributed by atoms with Crippen LogP contribution < -0.4 is 5.73 Å². The van der Waals surface area contributed by atoms with Gasteiger partial charge in [0.25, 0.3) is 0 Å². The third kappa shape index (κ3) is 5.11. The van der Waals surface area contributed by atoms with Gasteiger partial charge in [0.15, 0.2) is 0 Å². The number of hydrogen-bond donors (Lipinski definition) is 1. The molecule has 2 N–H and O–H groups in total. The van der Waals surface area contributed by atoms with Crippen LogP contribution in [0.15, 0.2) is 0 Å². The number of hydrogen-bond acceptors (Lipinski definition) is 3. The third-order valence-corrected chi connectivity index (χ3v) is 4.36. The van der Waals surface area contributed by atoms with Gasteiger partial charge in [-0.3, -0.25) is 4.79 Å². The van der Waals surface area contributed by atoms with Crippen molar-refractivity contribution < 1.29 is 9.53 Å². The topological polar surface area (TPSA) is 55.6 Å². The van der Waals surface area contributed by atoms with Crippen molar-refractivity contribution in [2.45, 2.75) is 52.0 Å². The number of methoxy groups -OCH3 is 1. The normalized spacial score (nSPS) is 25.1. The number of carbonyl (C=O) groups is 1. The van der Waals surface area contributed by atoms with Gasteiger partial charge >= 0.3 is 0 Å². The molecule has 1 aliphatic carbocycles. The van der Waals surface area contributed by atoms with Crippen LogP contribution in [0.3, 0.4) is 0 Å². The summed E-state index contributed by atoms with van der Waals surface area (Å²) in [6.07, 6.45) is 5.38. The zero-order valence-electron chi connectivity index (χ0n) is 12.7. The number of amides is 1. The van der Waals surface area contributed by atoms with Crippen molar-refractivity contribution in [3.8, 4) is 0 Å². The summed E-state index contributed by atoms with van der Waals surface area (Å²) in [7, 11) is 1.68. The van der Waals surface area contributed by atoms with E-state index in [0.717, 1.165) is 25.9 Å². The number of nitrogens with zero attached hydrogens (tertiary/aromatic N) is 1. The maximum atomic E-state index is 12.4. The summed E-state index contributed by atoms with van der Waals surface area (Å²) in [6.45, 7) is 6.26. The first-order chi connectivity index (χ1) is 9.12. The molecule has 19 heavy (non-hydrogen) atoms. The first-order valence-electron chi connectivity index (χ1n) is 7.60. The average Bonchev–Trinajstić information content (AvgIpc) is 2.40. The molecule has 0 saturated heterocycles. The number of carbonyl (C=O) groups excluding carboxylic acids is 1. The molecule has 0 spiro atoms. The van der Waals surface area contributed by atoms with E-state index in [1.165, 1.54) is 12.8 Å². The average molecular weight is 270 g/mol. The second kappa shape index (κ2) is 8.54. The molecule has 1 aliphatic rings. The largest absolute Gasteiger partial charge is 0.383 e. The van der Waals surface area contributed by atoms with E-state index in [0.29, 0.717) is 24.9 Å². The van der Waals surface area contributed by atoms with Crippen LogP contribution in [0.1, 0.15) is 46.0 Å². The van der Waals surface area contributed by atoms with Gasteiger partial charge in [0, 0.05) is 20.1 Å². The third-order valence-electron chi connectivity index (χ3n) is 4.36. The van der Waals surface area contributed by atoms with E-state index in [2.05, 4.69) is 6.92 Å². The fourth-order valence-electron chi connectivity index (χ4n) is 3.10. The van der Waals surface area contributed by atoms with Crippen LogP contribution in [-0.4, -0.2) is 43.7 Å². The molecule has 0 aromatic rings. The Labute approximate surface area is 117 Å². The molecule has 1 saturated carbocycles. The van der Waals surface area contributed by atoms with E-state index in [1.54, 1.807) is 7.11 Å². The Hall–Kier alpha value is -0.610. The van der Waals surface area contributed by atoms with Gasteiger partial charge in [-0.15, -0.1) is 0 Å². The smallest absolute Gasteiger partial charge is 0.223 e. The van der Waals surface area contributed by atoms with Crippen molar-refractivity contribution >= 4 is 5.91 Å². The van der Waals surface area contributed by atoms with Gasteiger partial charge in [0.1, 0.15) is 0 Å². The molecule has 1 atom stereocenters. The first kappa shape index (κ1) is 16.4. The molecule has 0 bridgehead atoms. The minimum atomic E-state index is 0.169. The lowest BCUT2D eigenvalue weighted by atomic mass is 9.80. The summed E-state index contributed by atoms with van der Waals surface area (Å²) in [5, 5.41) is 0. The summed E-state index contributed by atoms with van der Waals surface area (Å²) < 4.78 is 5.15. The Kier molecular flexibility index (Phi) is 7.39. The van der Waals surface area contributed by atoms with Gasteiger partial charge in [0.05, 0.1) is 12.6 Å². The lowest BCUT2D eigenvalue weighted by Crippen LogP contribution is -2.41. The van der Waals surface area contributed by atoms with E-state index in [-0.39, 0.29) is 11.9 Å². The fraction of sp³-hybridized carbons (Fsp3) is 0.933. The Balaban J connectivity index is 2.40. The van der Waals surface area contributed by atoms with Gasteiger partial charge in [-0.1, -0.05) is 0 Å². The zero-order valence-corrected chi connectivity index (χ0v) is 12.7. The Morgan fingerprint density at radius 3 is 2.37 bits per heavy atom. The first-order valence-corrected chi connectivity index (χ1v) is 7.60. The molecule has 0 heterocycles. The standard InChI is InChI=1S/C15H30N2O2/c1-4-17(12(2)11-19-3)15(18)9-13-5-7-14(10-16)8-6-13/h12-14H,4-11,16H2,1-3H3.